The van der Waals surface area contributed by atoms with E-state index in [0.717, 1.165) is 5.56 Å². The summed E-state index contributed by atoms with van der Waals surface area (Å²) in [6.45, 7) is 0. The van der Waals surface area contributed by atoms with Crippen LogP contribution < -0.4 is 0 Å². The van der Waals surface area contributed by atoms with Crippen molar-refractivity contribution in [1.29, 1.82) is 5.26 Å². The lowest BCUT2D eigenvalue weighted by Crippen LogP contribution is -1.95. The highest BCUT2D eigenvalue weighted by atomic mass is 79.9. The average Bonchev–Trinajstić information content (AvgIpc) is 2.35. The Kier molecular flexibility index (Phi) is 4.57. The summed E-state index contributed by atoms with van der Waals surface area (Å²) in [5, 5.41) is 9.36. The number of halogens is 1. The first kappa shape index (κ1) is 12.3. The van der Waals surface area contributed by atoms with Crippen molar-refractivity contribution < 1.29 is 9.53 Å². The molecule has 4 heteroatoms. The van der Waals surface area contributed by atoms with E-state index in [0.29, 0.717) is 16.5 Å². The van der Waals surface area contributed by atoms with E-state index in [9.17, 15) is 4.79 Å². The van der Waals surface area contributed by atoms with Crippen LogP contribution in [-0.2, 0) is 14.9 Å². The predicted octanol–water partition coefficient (Wildman–Crippen LogP) is 1.98. The molecule has 0 amide bonds. The van der Waals surface area contributed by atoms with Gasteiger partial charge in [0, 0.05) is 16.8 Å². The quantitative estimate of drug-likeness (QED) is 0.448. The second-order valence-electron chi connectivity index (χ2n) is 2.86. The van der Waals surface area contributed by atoms with Gasteiger partial charge in [-0.3, -0.25) is 0 Å². The summed E-state index contributed by atoms with van der Waals surface area (Å²) in [4.78, 5) is 10.9. The third kappa shape index (κ3) is 3.12. The molecule has 0 heterocycles. The first-order valence-corrected chi connectivity index (χ1v) is 5.52. The van der Waals surface area contributed by atoms with Crippen LogP contribution in [0.25, 0.3) is 0 Å². The van der Waals surface area contributed by atoms with Crippen molar-refractivity contribution in [3.05, 3.63) is 34.9 Å². The Bertz CT molecular complexity index is 506. The van der Waals surface area contributed by atoms with Gasteiger partial charge in [0.2, 0.25) is 0 Å². The standard InChI is InChI=1S/C12H8BrNO2/c1-16-12(15)5-4-10-6-9(8-14)2-3-11(10)7-13/h2-3,6H,7H2,1H3. The van der Waals surface area contributed by atoms with Gasteiger partial charge in [-0.15, -0.1) is 0 Å². The van der Waals surface area contributed by atoms with E-state index in [1.54, 1.807) is 18.2 Å². The molecule has 0 unspecified atom stereocenters. The molecule has 0 atom stereocenters. The Morgan fingerprint density at radius 3 is 2.88 bits per heavy atom. The van der Waals surface area contributed by atoms with Crippen LogP contribution in [0.15, 0.2) is 18.2 Å². The molecule has 0 aromatic heterocycles. The lowest BCUT2D eigenvalue weighted by atomic mass is 10.1. The summed E-state index contributed by atoms with van der Waals surface area (Å²) in [5.74, 6) is 4.42. The number of hydrogen-bond acceptors (Lipinski definition) is 3. The number of carbonyl (C=O) groups is 1. The number of alkyl halides is 1. The number of esters is 1. The van der Waals surface area contributed by atoms with Crippen molar-refractivity contribution in [3.8, 4) is 17.9 Å². The van der Waals surface area contributed by atoms with Gasteiger partial charge in [-0.1, -0.05) is 27.9 Å². The van der Waals surface area contributed by atoms with Crippen LogP contribution in [0, 0.1) is 23.2 Å². The SMILES string of the molecule is COC(=O)C#Cc1cc(C#N)ccc1CBr. The number of nitrogens with zero attached hydrogens (tertiary/aromatic N) is 1. The van der Waals surface area contributed by atoms with Gasteiger partial charge in [0.25, 0.3) is 0 Å². The highest BCUT2D eigenvalue weighted by molar-refractivity contribution is 9.08. The molecule has 1 aromatic rings. The molecule has 3 nitrogen and oxygen atoms in total. The van der Waals surface area contributed by atoms with E-state index in [4.69, 9.17) is 5.26 Å². The topological polar surface area (TPSA) is 50.1 Å². The number of methoxy groups -OCH3 is 1. The zero-order valence-electron chi connectivity index (χ0n) is 8.58. The van der Waals surface area contributed by atoms with Gasteiger partial charge in [-0.05, 0) is 17.7 Å². The van der Waals surface area contributed by atoms with Crippen LogP contribution in [0.1, 0.15) is 16.7 Å². The average molecular weight is 278 g/mol. The summed E-state index contributed by atoms with van der Waals surface area (Å²) < 4.78 is 4.41. The smallest absolute Gasteiger partial charge is 0.384 e. The van der Waals surface area contributed by atoms with E-state index in [1.165, 1.54) is 7.11 Å². The van der Waals surface area contributed by atoms with Gasteiger partial charge in [0.15, 0.2) is 0 Å². The highest BCUT2D eigenvalue weighted by Crippen LogP contribution is 2.13. The zero-order chi connectivity index (χ0) is 12.0. The molecule has 0 aliphatic heterocycles. The molecule has 0 saturated carbocycles. The summed E-state index contributed by atoms with van der Waals surface area (Å²) in [5.41, 5.74) is 2.09. The fourth-order valence-electron chi connectivity index (χ4n) is 1.05. The van der Waals surface area contributed by atoms with Crippen molar-refractivity contribution >= 4 is 21.9 Å². The molecule has 0 spiro atoms. The molecule has 0 saturated heterocycles. The molecular weight excluding hydrogens is 270 g/mol. The maximum Gasteiger partial charge on any atom is 0.384 e. The number of carbonyl (C=O) groups excluding carboxylic acids is 1. The Balaban J connectivity index is 3.14. The highest BCUT2D eigenvalue weighted by Gasteiger charge is 2.01. The van der Waals surface area contributed by atoms with Crippen LogP contribution in [0.3, 0.4) is 0 Å². The second-order valence-corrected chi connectivity index (χ2v) is 3.42. The van der Waals surface area contributed by atoms with E-state index in [2.05, 4.69) is 32.5 Å². The normalized spacial score (nSPS) is 8.56. The van der Waals surface area contributed by atoms with Crippen molar-refractivity contribution in [2.24, 2.45) is 0 Å². The molecule has 0 bridgehead atoms. The minimum Gasteiger partial charge on any atom is -0.459 e. The molecule has 1 rings (SSSR count). The van der Waals surface area contributed by atoms with Gasteiger partial charge >= 0.3 is 5.97 Å². The van der Waals surface area contributed by atoms with E-state index >= 15 is 0 Å². The Morgan fingerprint density at radius 1 is 1.56 bits per heavy atom. The monoisotopic (exact) mass is 277 g/mol. The van der Waals surface area contributed by atoms with E-state index in [-0.39, 0.29) is 0 Å². The van der Waals surface area contributed by atoms with Gasteiger partial charge in [-0.25, -0.2) is 4.79 Å². The van der Waals surface area contributed by atoms with E-state index in [1.807, 2.05) is 6.07 Å². The molecule has 80 valence electrons. The molecule has 1 aromatic carbocycles. The third-order valence-corrected chi connectivity index (χ3v) is 2.47. The van der Waals surface area contributed by atoms with Gasteiger partial charge < -0.3 is 4.74 Å². The Hall–Kier alpha value is -1.78. The summed E-state index contributed by atoms with van der Waals surface area (Å²) >= 11 is 3.31. The second kappa shape index (κ2) is 5.95. The lowest BCUT2D eigenvalue weighted by molar-refractivity contribution is -0.133. The van der Waals surface area contributed by atoms with Crippen LogP contribution in [-0.4, -0.2) is 13.1 Å². The first-order chi connectivity index (χ1) is 7.71. The predicted molar refractivity (Wildman–Crippen MR) is 62.7 cm³/mol. The number of rotatable bonds is 1. The van der Waals surface area contributed by atoms with Crippen LogP contribution in [0.5, 0.6) is 0 Å². The van der Waals surface area contributed by atoms with Crippen LogP contribution >= 0.6 is 15.9 Å². The first-order valence-electron chi connectivity index (χ1n) is 4.40. The largest absolute Gasteiger partial charge is 0.459 e. The van der Waals surface area contributed by atoms with Crippen LogP contribution in [0.2, 0.25) is 0 Å². The molecule has 0 aliphatic rings. The zero-order valence-corrected chi connectivity index (χ0v) is 10.2. The van der Waals surface area contributed by atoms with Crippen molar-refractivity contribution in [3.63, 3.8) is 0 Å². The maximum atomic E-state index is 10.9. The minimum absolute atomic E-state index is 0.513. The molecule has 0 radical (unpaired) electrons. The van der Waals surface area contributed by atoms with Gasteiger partial charge in [0.1, 0.15) is 0 Å². The molecule has 0 N–H and O–H groups in total. The fourth-order valence-corrected chi connectivity index (χ4v) is 1.54. The van der Waals surface area contributed by atoms with E-state index < -0.39 is 5.97 Å². The van der Waals surface area contributed by atoms with Crippen molar-refractivity contribution in [1.82, 2.24) is 0 Å². The summed E-state index contributed by atoms with van der Waals surface area (Å²) in [6, 6.07) is 7.17. The third-order valence-electron chi connectivity index (χ3n) is 1.87. The Labute approximate surface area is 102 Å². The number of hydrogen-bond donors (Lipinski definition) is 0. The fraction of sp³-hybridized carbons (Fsp3) is 0.167. The summed E-state index contributed by atoms with van der Waals surface area (Å²) in [6.07, 6.45) is 0. The maximum absolute atomic E-state index is 10.9. The number of nitriles is 1. The van der Waals surface area contributed by atoms with Crippen LogP contribution in [0.4, 0.5) is 0 Å². The number of benzene rings is 1. The number of ether oxygens (including phenoxy) is 1. The molecular formula is C12H8BrNO2. The van der Waals surface area contributed by atoms with Crippen molar-refractivity contribution in [2.45, 2.75) is 5.33 Å². The Morgan fingerprint density at radius 2 is 2.31 bits per heavy atom. The van der Waals surface area contributed by atoms with Gasteiger partial charge in [-0.2, -0.15) is 5.26 Å². The summed E-state index contributed by atoms with van der Waals surface area (Å²) in [7, 11) is 1.27. The van der Waals surface area contributed by atoms with Crippen molar-refractivity contribution in [2.75, 3.05) is 7.11 Å². The molecule has 0 aliphatic carbocycles. The molecule has 16 heavy (non-hydrogen) atoms. The van der Waals surface area contributed by atoms with Gasteiger partial charge in [0.05, 0.1) is 18.7 Å². The lowest BCUT2D eigenvalue weighted by Gasteiger charge is -2.00. The minimum atomic E-state index is -0.595. The molecule has 0 fully saturated rings.